The summed E-state index contributed by atoms with van der Waals surface area (Å²) >= 11 is 12.4. The van der Waals surface area contributed by atoms with Crippen molar-refractivity contribution < 1.29 is 14.3 Å². The number of ether oxygens (including phenoxy) is 1. The third-order valence-corrected chi connectivity index (χ3v) is 8.46. The van der Waals surface area contributed by atoms with Crippen LogP contribution in [0.4, 0.5) is 11.4 Å². The van der Waals surface area contributed by atoms with Crippen LogP contribution in [-0.4, -0.2) is 75.5 Å². The number of benzene rings is 3. The van der Waals surface area contributed by atoms with Gasteiger partial charge in [-0.1, -0.05) is 59.6 Å². The number of fused-ring (bicyclic) bond motifs is 1. The van der Waals surface area contributed by atoms with E-state index in [0.717, 1.165) is 54.9 Å². The Labute approximate surface area is 245 Å². The van der Waals surface area contributed by atoms with Crippen LogP contribution in [0.2, 0.25) is 10.0 Å². The van der Waals surface area contributed by atoms with E-state index in [0.29, 0.717) is 21.5 Å². The summed E-state index contributed by atoms with van der Waals surface area (Å²) in [5.41, 5.74) is 4.92. The van der Waals surface area contributed by atoms with Crippen molar-refractivity contribution in [2.75, 3.05) is 63.7 Å². The zero-order valence-corrected chi connectivity index (χ0v) is 24.6. The first-order valence-electron chi connectivity index (χ1n) is 13.5. The molecule has 0 aliphatic carbocycles. The molecule has 1 atom stereocenters. The summed E-state index contributed by atoms with van der Waals surface area (Å²) in [5.74, 6) is -0.0273. The minimum absolute atomic E-state index is 0.115. The fourth-order valence-electron chi connectivity index (χ4n) is 5.30. The monoisotopic (exact) mass is 580 g/mol. The molecule has 1 saturated heterocycles. The third-order valence-electron chi connectivity index (χ3n) is 7.74. The third kappa shape index (κ3) is 6.07. The molecule has 0 aromatic heterocycles. The van der Waals surface area contributed by atoms with Crippen LogP contribution < -0.4 is 14.5 Å². The van der Waals surface area contributed by atoms with Gasteiger partial charge in [0.2, 0.25) is 5.91 Å². The Morgan fingerprint density at radius 3 is 2.15 bits per heavy atom. The Kier molecular flexibility index (Phi) is 8.54. The Morgan fingerprint density at radius 2 is 1.52 bits per heavy atom. The minimum atomic E-state index is -0.298. The van der Waals surface area contributed by atoms with E-state index in [1.807, 2.05) is 21.1 Å². The van der Waals surface area contributed by atoms with Gasteiger partial charge in [0.15, 0.2) is 6.61 Å². The number of hydrogen-bond donors (Lipinski definition) is 0. The highest BCUT2D eigenvalue weighted by Crippen LogP contribution is 2.39. The van der Waals surface area contributed by atoms with Crippen molar-refractivity contribution in [1.29, 1.82) is 0 Å². The van der Waals surface area contributed by atoms with Gasteiger partial charge >= 0.3 is 0 Å². The van der Waals surface area contributed by atoms with Crippen molar-refractivity contribution >= 4 is 46.4 Å². The molecule has 0 bridgehead atoms. The van der Waals surface area contributed by atoms with Gasteiger partial charge in [-0.3, -0.25) is 14.5 Å². The molecule has 0 saturated carbocycles. The summed E-state index contributed by atoms with van der Waals surface area (Å²) in [4.78, 5) is 34.2. The summed E-state index contributed by atoms with van der Waals surface area (Å²) in [6.45, 7) is 2.49. The molecule has 0 spiro atoms. The molecule has 0 N–H and O–H groups in total. The second kappa shape index (κ2) is 12.1. The summed E-state index contributed by atoms with van der Waals surface area (Å²) in [6, 6.07) is 19.9. The van der Waals surface area contributed by atoms with Gasteiger partial charge < -0.3 is 19.4 Å². The van der Waals surface area contributed by atoms with E-state index < -0.39 is 0 Å². The molecule has 0 radical (unpaired) electrons. The van der Waals surface area contributed by atoms with Crippen molar-refractivity contribution in [2.45, 2.75) is 18.9 Å². The topological polar surface area (TPSA) is 56.3 Å². The fourth-order valence-corrected chi connectivity index (χ4v) is 5.61. The number of anilines is 2. The number of amides is 2. The number of halogens is 2. The van der Waals surface area contributed by atoms with E-state index in [4.69, 9.17) is 27.9 Å². The van der Waals surface area contributed by atoms with Gasteiger partial charge in [-0.25, -0.2) is 0 Å². The Balaban J connectivity index is 1.38. The molecular formula is C31H34Cl2N4O3. The van der Waals surface area contributed by atoms with Gasteiger partial charge in [-0.05, 0) is 60.8 Å². The molecule has 40 heavy (non-hydrogen) atoms. The highest BCUT2D eigenvalue weighted by Gasteiger charge is 2.32. The molecule has 1 fully saturated rings. The molecule has 9 heteroatoms. The van der Waals surface area contributed by atoms with Crippen LogP contribution in [0.5, 0.6) is 5.75 Å². The molecule has 2 aliphatic heterocycles. The number of nitrogens with zero attached hydrogens (tertiary/aromatic N) is 4. The standard InChI is InChI=1S/C31H34Cl2N4O3/c1-34(2)24-12-10-22(11-13-24)21-6-8-23(9-7-21)28(18-36-14-4-5-15-36)35(3)30(38)19-37-27-16-25(32)26(33)17-29(27)40-20-31(37)39/h6-13,16-17,28H,4-5,14-15,18-20H2,1-3H3. The normalized spacial score (nSPS) is 15.9. The van der Waals surface area contributed by atoms with E-state index in [9.17, 15) is 9.59 Å². The Morgan fingerprint density at radius 1 is 0.925 bits per heavy atom. The number of likely N-dealkylation sites (tertiary alicyclic amines) is 1. The number of carbonyl (C=O) groups excluding carboxylic acids is 2. The molecule has 1 unspecified atom stereocenters. The fraction of sp³-hybridized carbons (Fsp3) is 0.355. The second-order valence-corrected chi connectivity index (χ2v) is 11.4. The molecular weight excluding hydrogens is 547 g/mol. The number of likely N-dealkylation sites (N-methyl/N-ethyl adjacent to an activating group) is 1. The van der Waals surface area contributed by atoms with Crippen LogP contribution >= 0.6 is 23.2 Å². The van der Waals surface area contributed by atoms with Crippen molar-refractivity contribution in [2.24, 2.45) is 0 Å². The number of carbonyl (C=O) groups is 2. The first-order valence-corrected chi connectivity index (χ1v) is 14.2. The van der Waals surface area contributed by atoms with Gasteiger partial charge in [-0.15, -0.1) is 0 Å². The van der Waals surface area contributed by atoms with E-state index in [2.05, 4.69) is 58.3 Å². The molecule has 210 valence electrons. The predicted octanol–water partition coefficient (Wildman–Crippen LogP) is 5.75. The van der Waals surface area contributed by atoms with Gasteiger partial charge in [0, 0.05) is 39.4 Å². The summed E-state index contributed by atoms with van der Waals surface area (Å²) in [5, 5.41) is 0.633. The maximum Gasteiger partial charge on any atom is 0.265 e. The van der Waals surface area contributed by atoms with Gasteiger partial charge in [0.25, 0.3) is 5.91 Å². The Bertz CT molecular complexity index is 1370. The van der Waals surface area contributed by atoms with Crippen molar-refractivity contribution in [3.8, 4) is 16.9 Å². The average molecular weight is 582 g/mol. The average Bonchev–Trinajstić information content (AvgIpc) is 3.47. The summed E-state index contributed by atoms with van der Waals surface area (Å²) in [7, 11) is 5.87. The van der Waals surface area contributed by atoms with E-state index in [-0.39, 0.29) is 31.0 Å². The molecule has 2 aliphatic rings. The van der Waals surface area contributed by atoms with Gasteiger partial charge in [0.05, 0.1) is 21.8 Å². The largest absolute Gasteiger partial charge is 0.482 e. The lowest BCUT2D eigenvalue weighted by atomic mass is 9.99. The highest BCUT2D eigenvalue weighted by molar-refractivity contribution is 6.42. The Hall–Kier alpha value is -3.26. The maximum atomic E-state index is 13.7. The SMILES string of the molecule is CN(C)c1ccc(-c2ccc(C(CN3CCCC3)N(C)C(=O)CN3C(=O)COc4cc(Cl)c(Cl)cc43)cc2)cc1. The summed E-state index contributed by atoms with van der Waals surface area (Å²) < 4.78 is 5.55. The molecule has 2 heterocycles. The van der Waals surface area contributed by atoms with Crippen molar-refractivity contribution in [3.63, 3.8) is 0 Å². The smallest absolute Gasteiger partial charge is 0.265 e. The van der Waals surface area contributed by atoms with Crippen LogP contribution in [-0.2, 0) is 9.59 Å². The van der Waals surface area contributed by atoms with Gasteiger partial charge in [0.1, 0.15) is 12.3 Å². The minimum Gasteiger partial charge on any atom is -0.482 e. The van der Waals surface area contributed by atoms with E-state index in [1.165, 1.54) is 4.90 Å². The van der Waals surface area contributed by atoms with Gasteiger partial charge in [-0.2, -0.15) is 0 Å². The quantitative estimate of drug-likeness (QED) is 0.339. The summed E-state index contributed by atoms with van der Waals surface area (Å²) in [6.07, 6.45) is 2.32. The lowest BCUT2D eigenvalue weighted by Gasteiger charge is -2.35. The van der Waals surface area contributed by atoms with Crippen LogP contribution in [0.15, 0.2) is 60.7 Å². The van der Waals surface area contributed by atoms with Crippen LogP contribution in [0.3, 0.4) is 0 Å². The predicted molar refractivity (Wildman–Crippen MR) is 162 cm³/mol. The first-order chi connectivity index (χ1) is 19.2. The lowest BCUT2D eigenvalue weighted by Crippen LogP contribution is -2.47. The molecule has 2 amide bonds. The van der Waals surface area contributed by atoms with Crippen LogP contribution in [0, 0.1) is 0 Å². The van der Waals surface area contributed by atoms with E-state index >= 15 is 0 Å². The zero-order chi connectivity index (χ0) is 28.4. The van der Waals surface area contributed by atoms with Crippen molar-refractivity contribution in [1.82, 2.24) is 9.80 Å². The molecule has 3 aromatic rings. The first kappa shape index (κ1) is 28.3. The molecule has 5 rings (SSSR count). The van der Waals surface area contributed by atoms with Crippen molar-refractivity contribution in [3.05, 3.63) is 76.3 Å². The lowest BCUT2D eigenvalue weighted by molar-refractivity contribution is -0.133. The van der Waals surface area contributed by atoms with Crippen LogP contribution in [0.25, 0.3) is 11.1 Å². The second-order valence-electron chi connectivity index (χ2n) is 10.6. The zero-order valence-electron chi connectivity index (χ0n) is 23.1. The van der Waals surface area contributed by atoms with E-state index in [1.54, 1.807) is 17.0 Å². The molecule has 3 aromatic carbocycles. The molecule has 7 nitrogen and oxygen atoms in total. The maximum absolute atomic E-state index is 13.7. The highest BCUT2D eigenvalue weighted by atomic mass is 35.5. The number of rotatable bonds is 8. The van der Waals surface area contributed by atoms with Crippen LogP contribution in [0.1, 0.15) is 24.4 Å². The number of hydrogen-bond acceptors (Lipinski definition) is 5.